The molecule has 30 heavy (non-hydrogen) atoms. The van der Waals surface area contributed by atoms with Gasteiger partial charge in [-0.1, -0.05) is 12.1 Å². The summed E-state index contributed by atoms with van der Waals surface area (Å²) in [5, 5.41) is 34.0. The van der Waals surface area contributed by atoms with E-state index < -0.39 is 54.5 Å². The highest BCUT2D eigenvalue weighted by Gasteiger charge is 2.27. The topological polar surface area (TPSA) is 191 Å². The Morgan fingerprint density at radius 1 is 1.00 bits per heavy atom. The van der Waals surface area contributed by atoms with Crippen molar-refractivity contribution in [2.24, 2.45) is 5.73 Å². The zero-order valence-corrected chi connectivity index (χ0v) is 17.1. The van der Waals surface area contributed by atoms with Crippen molar-refractivity contribution in [3.8, 4) is 5.75 Å². The van der Waals surface area contributed by atoms with Crippen LogP contribution in [0.3, 0.4) is 0 Å². The lowest BCUT2D eigenvalue weighted by atomic mass is 10.1. The lowest BCUT2D eigenvalue weighted by molar-refractivity contribution is -0.143. The molecular weight excluding hydrogens is 416 g/mol. The molecule has 0 saturated heterocycles. The molecule has 1 rings (SSSR count). The third-order valence-electron chi connectivity index (χ3n) is 4.09. The Morgan fingerprint density at radius 2 is 1.57 bits per heavy atom. The van der Waals surface area contributed by atoms with Crippen LogP contribution in [0.15, 0.2) is 24.3 Å². The van der Waals surface area contributed by atoms with Crippen molar-refractivity contribution in [2.75, 3.05) is 12.4 Å². The van der Waals surface area contributed by atoms with E-state index in [0.717, 1.165) is 5.56 Å². The molecule has 4 atom stereocenters. The molecule has 166 valence electrons. The molecule has 3 amide bonds. The Morgan fingerprint density at radius 3 is 2.07 bits per heavy atom. The quantitative estimate of drug-likeness (QED) is 0.176. The summed E-state index contributed by atoms with van der Waals surface area (Å²) in [6, 6.07) is 1.47. The molecule has 0 bridgehead atoms. The number of thiol groups is 1. The normalized spacial score (nSPS) is 14.7. The molecule has 0 aliphatic rings. The maximum absolute atomic E-state index is 12.3. The van der Waals surface area contributed by atoms with Crippen molar-refractivity contribution in [1.82, 2.24) is 16.0 Å². The first kappa shape index (κ1) is 25.2. The minimum atomic E-state index is -1.52. The molecule has 4 unspecified atom stereocenters. The monoisotopic (exact) mass is 442 g/mol. The van der Waals surface area contributed by atoms with Gasteiger partial charge in [0.15, 0.2) is 0 Å². The number of aliphatic hydroxyl groups is 1. The van der Waals surface area contributed by atoms with Crippen LogP contribution in [0.5, 0.6) is 5.75 Å². The number of carbonyl (C=O) groups is 4. The van der Waals surface area contributed by atoms with Crippen LogP contribution in [0.25, 0.3) is 0 Å². The highest BCUT2D eigenvalue weighted by Crippen LogP contribution is 2.11. The SMILES string of the molecule is CC(NC(=O)C(N)Cc1ccc(O)cc1)C(=O)NC(CS)C(=O)NC(CO)C(=O)O. The second-order valence-electron chi connectivity index (χ2n) is 6.53. The van der Waals surface area contributed by atoms with Gasteiger partial charge in [0.25, 0.3) is 0 Å². The van der Waals surface area contributed by atoms with Crippen LogP contribution in [0.1, 0.15) is 12.5 Å². The fraction of sp³-hybridized carbons (Fsp3) is 0.444. The van der Waals surface area contributed by atoms with Gasteiger partial charge >= 0.3 is 5.97 Å². The number of amides is 3. The number of aromatic hydroxyl groups is 1. The number of carboxylic acid groups (broad SMARTS) is 1. The van der Waals surface area contributed by atoms with Gasteiger partial charge in [-0.2, -0.15) is 12.6 Å². The van der Waals surface area contributed by atoms with Crippen LogP contribution >= 0.6 is 12.6 Å². The smallest absolute Gasteiger partial charge is 0.328 e. The summed E-state index contributed by atoms with van der Waals surface area (Å²) in [7, 11) is 0. The molecule has 0 aliphatic carbocycles. The first-order valence-electron chi connectivity index (χ1n) is 8.98. The lowest BCUT2D eigenvalue weighted by Gasteiger charge is -2.22. The maximum Gasteiger partial charge on any atom is 0.328 e. The van der Waals surface area contributed by atoms with Gasteiger partial charge < -0.3 is 37.0 Å². The van der Waals surface area contributed by atoms with Gasteiger partial charge in [0.2, 0.25) is 17.7 Å². The van der Waals surface area contributed by atoms with E-state index >= 15 is 0 Å². The van der Waals surface area contributed by atoms with Crippen molar-refractivity contribution in [1.29, 1.82) is 0 Å². The Labute approximate surface area is 178 Å². The van der Waals surface area contributed by atoms with E-state index in [1.165, 1.54) is 19.1 Å². The van der Waals surface area contributed by atoms with E-state index in [9.17, 15) is 24.3 Å². The molecule has 12 heteroatoms. The second kappa shape index (κ2) is 12.0. The minimum absolute atomic E-state index is 0.0820. The minimum Gasteiger partial charge on any atom is -0.508 e. The molecule has 0 aliphatic heterocycles. The molecule has 0 saturated carbocycles. The predicted octanol–water partition coefficient (Wildman–Crippen LogP) is -2.26. The number of phenolic OH excluding ortho intramolecular Hbond substituents is 1. The third kappa shape index (κ3) is 7.89. The van der Waals surface area contributed by atoms with Crippen molar-refractivity contribution in [2.45, 2.75) is 37.5 Å². The van der Waals surface area contributed by atoms with E-state index in [1.807, 2.05) is 0 Å². The van der Waals surface area contributed by atoms with Crippen LogP contribution in [0, 0.1) is 0 Å². The van der Waals surface area contributed by atoms with Crippen molar-refractivity contribution in [3.05, 3.63) is 29.8 Å². The van der Waals surface area contributed by atoms with Crippen LogP contribution in [0.2, 0.25) is 0 Å². The van der Waals surface area contributed by atoms with E-state index in [0.29, 0.717) is 0 Å². The van der Waals surface area contributed by atoms with Gasteiger partial charge in [0.05, 0.1) is 12.6 Å². The summed E-state index contributed by atoms with van der Waals surface area (Å²) in [6.45, 7) is 0.571. The number of aliphatic carboxylic acids is 1. The maximum atomic E-state index is 12.3. The largest absolute Gasteiger partial charge is 0.508 e. The van der Waals surface area contributed by atoms with Crippen LogP contribution in [0.4, 0.5) is 0 Å². The van der Waals surface area contributed by atoms with Crippen molar-refractivity contribution in [3.63, 3.8) is 0 Å². The number of carboxylic acids is 1. The Bertz CT molecular complexity index is 759. The molecule has 0 heterocycles. The molecule has 1 aromatic rings. The zero-order chi connectivity index (χ0) is 22.8. The fourth-order valence-corrected chi connectivity index (χ4v) is 2.57. The average Bonchev–Trinajstić information content (AvgIpc) is 2.70. The number of hydrogen-bond acceptors (Lipinski definition) is 8. The number of benzene rings is 1. The average molecular weight is 442 g/mol. The van der Waals surface area contributed by atoms with Gasteiger partial charge in [-0.25, -0.2) is 4.79 Å². The van der Waals surface area contributed by atoms with Crippen LogP contribution in [-0.4, -0.2) is 75.5 Å². The first-order chi connectivity index (χ1) is 14.1. The number of nitrogens with one attached hydrogen (secondary N) is 3. The Hall–Kier alpha value is -2.83. The van der Waals surface area contributed by atoms with Crippen molar-refractivity contribution >= 4 is 36.3 Å². The predicted molar refractivity (Wildman–Crippen MR) is 110 cm³/mol. The number of carbonyl (C=O) groups excluding carboxylic acids is 3. The zero-order valence-electron chi connectivity index (χ0n) is 16.2. The fourth-order valence-electron chi connectivity index (χ4n) is 2.31. The van der Waals surface area contributed by atoms with E-state index in [4.69, 9.17) is 15.9 Å². The summed E-state index contributed by atoms with van der Waals surface area (Å²) in [5.41, 5.74) is 6.57. The number of aliphatic hydroxyl groups excluding tert-OH is 1. The highest BCUT2D eigenvalue weighted by molar-refractivity contribution is 7.80. The number of rotatable bonds is 11. The molecule has 0 spiro atoms. The Kier molecular flexibility index (Phi) is 10.1. The van der Waals surface area contributed by atoms with E-state index in [2.05, 4.69) is 28.6 Å². The summed E-state index contributed by atoms with van der Waals surface area (Å²) in [5.74, 6) is -3.63. The molecule has 8 N–H and O–H groups in total. The van der Waals surface area contributed by atoms with Gasteiger partial charge in [-0.15, -0.1) is 0 Å². The summed E-state index contributed by atoms with van der Waals surface area (Å²) in [6.07, 6.45) is 0.180. The molecule has 0 fully saturated rings. The molecule has 0 aromatic heterocycles. The first-order valence-corrected chi connectivity index (χ1v) is 9.61. The van der Waals surface area contributed by atoms with Gasteiger partial charge in [-0.3, -0.25) is 14.4 Å². The number of phenols is 1. The summed E-state index contributed by atoms with van der Waals surface area (Å²) < 4.78 is 0. The molecule has 1 aromatic carbocycles. The second-order valence-corrected chi connectivity index (χ2v) is 6.90. The molecule has 0 radical (unpaired) electrons. The standard InChI is InChI=1S/C18H26N4O7S/c1-9(20-16(26)12(19)6-10-2-4-11(24)5-3-10)15(25)22-14(8-30)17(27)21-13(7-23)18(28)29/h2-5,9,12-14,23-24,30H,6-8,19H2,1H3,(H,20,26)(H,21,27)(H,22,25)(H,28,29). The summed E-state index contributed by atoms with van der Waals surface area (Å²) in [4.78, 5) is 47.5. The number of nitrogens with two attached hydrogens (primary N) is 1. The van der Waals surface area contributed by atoms with Gasteiger partial charge in [-0.05, 0) is 31.0 Å². The summed E-state index contributed by atoms with van der Waals surface area (Å²) >= 11 is 3.96. The Balaban J connectivity index is 2.60. The van der Waals surface area contributed by atoms with Crippen molar-refractivity contribution < 1.29 is 34.5 Å². The van der Waals surface area contributed by atoms with Gasteiger partial charge in [0, 0.05) is 5.75 Å². The van der Waals surface area contributed by atoms with Crippen LogP contribution < -0.4 is 21.7 Å². The highest BCUT2D eigenvalue weighted by atomic mass is 32.1. The van der Waals surface area contributed by atoms with E-state index in [-0.39, 0.29) is 17.9 Å². The van der Waals surface area contributed by atoms with Gasteiger partial charge in [0.1, 0.15) is 23.9 Å². The lowest BCUT2D eigenvalue weighted by Crippen LogP contribution is -2.57. The molecular formula is C18H26N4O7S. The van der Waals surface area contributed by atoms with Crippen LogP contribution in [-0.2, 0) is 25.6 Å². The molecule has 11 nitrogen and oxygen atoms in total. The third-order valence-corrected chi connectivity index (χ3v) is 4.46. The van der Waals surface area contributed by atoms with E-state index in [1.54, 1.807) is 12.1 Å². The number of hydrogen-bond donors (Lipinski definition) is 8.